The predicted molar refractivity (Wildman–Crippen MR) is 57.1 cm³/mol. The van der Waals surface area contributed by atoms with Gasteiger partial charge in [-0.1, -0.05) is 0 Å². The first-order valence-electron chi connectivity index (χ1n) is 4.70. The largest absolute Gasteiger partial charge is 0.328 e. The van der Waals surface area contributed by atoms with Gasteiger partial charge in [0.25, 0.3) is 5.56 Å². The lowest BCUT2D eigenvalue weighted by Gasteiger charge is -2.04. The highest BCUT2D eigenvalue weighted by Crippen LogP contribution is 2.24. The molecule has 0 amide bonds. The summed E-state index contributed by atoms with van der Waals surface area (Å²) in [5.41, 5.74) is -0.897. The third kappa shape index (κ3) is 1.93. The molecule has 3 nitrogen and oxygen atoms in total. The standard InChI is InChI=1S/C12H6F2N2O/c13-7-1-2-11(14)9(5-7)8-3-4-16-12(17)10(8)6-15/h1-5H,(H,16,17). The molecule has 2 rings (SSSR count). The molecule has 0 atom stereocenters. The van der Waals surface area contributed by atoms with Gasteiger partial charge in [-0.25, -0.2) is 8.78 Å². The highest BCUT2D eigenvalue weighted by atomic mass is 19.1. The van der Waals surface area contributed by atoms with Crippen LogP contribution in [0.4, 0.5) is 8.78 Å². The molecule has 0 aliphatic rings. The lowest BCUT2D eigenvalue weighted by Crippen LogP contribution is -2.10. The molecule has 2 aromatic rings. The number of nitrogens with one attached hydrogen (secondary N) is 1. The fourth-order valence-electron chi connectivity index (χ4n) is 1.52. The molecule has 0 fully saturated rings. The summed E-state index contributed by atoms with van der Waals surface area (Å²) in [4.78, 5) is 13.6. The highest BCUT2D eigenvalue weighted by Gasteiger charge is 2.13. The zero-order chi connectivity index (χ0) is 12.4. The summed E-state index contributed by atoms with van der Waals surface area (Å²) < 4.78 is 26.5. The minimum absolute atomic E-state index is 0.0771. The van der Waals surface area contributed by atoms with Crippen LogP contribution in [0.1, 0.15) is 5.56 Å². The van der Waals surface area contributed by atoms with Crippen molar-refractivity contribution in [3.63, 3.8) is 0 Å². The van der Waals surface area contributed by atoms with E-state index in [0.29, 0.717) is 0 Å². The van der Waals surface area contributed by atoms with E-state index in [4.69, 9.17) is 5.26 Å². The van der Waals surface area contributed by atoms with Gasteiger partial charge in [-0.15, -0.1) is 0 Å². The van der Waals surface area contributed by atoms with E-state index in [2.05, 4.69) is 4.98 Å². The Morgan fingerprint density at radius 1 is 1.18 bits per heavy atom. The summed E-state index contributed by atoms with van der Waals surface area (Å²) in [6, 6.07) is 5.91. The fraction of sp³-hybridized carbons (Fsp3) is 0. The molecule has 1 heterocycles. The fourth-order valence-corrected chi connectivity index (χ4v) is 1.52. The van der Waals surface area contributed by atoms with Gasteiger partial charge in [-0.2, -0.15) is 5.26 Å². The topological polar surface area (TPSA) is 56.6 Å². The number of hydrogen-bond acceptors (Lipinski definition) is 2. The number of H-pyrrole nitrogens is 1. The summed E-state index contributed by atoms with van der Waals surface area (Å²) in [5, 5.41) is 8.83. The molecule has 0 aliphatic heterocycles. The van der Waals surface area contributed by atoms with Crippen molar-refractivity contribution in [2.24, 2.45) is 0 Å². The number of pyridine rings is 1. The van der Waals surface area contributed by atoms with Crippen LogP contribution in [0.15, 0.2) is 35.3 Å². The van der Waals surface area contributed by atoms with E-state index >= 15 is 0 Å². The summed E-state index contributed by atoms with van der Waals surface area (Å²) in [6.07, 6.45) is 1.28. The Morgan fingerprint density at radius 3 is 2.65 bits per heavy atom. The monoisotopic (exact) mass is 232 g/mol. The van der Waals surface area contributed by atoms with Crippen LogP contribution in [0, 0.1) is 23.0 Å². The summed E-state index contributed by atoms with van der Waals surface area (Å²) in [5.74, 6) is -1.32. The van der Waals surface area contributed by atoms with Crippen LogP contribution in [0.3, 0.4) is 0 Å². The van der Waals surface area contributed by atoms with Gasteiger partial charge in [-0.3, -0.25) is 4.79 Å². The number of rotatable bonds is 1. The molecule has 0 unspecified atom stereocenters. The van der Waals surface area contributed by atoms with Crippen molar-refractivity contribution in [3.05, 3.63) is 58.0 Å². The van der Waals surface area contributed by atoms with Crippen molar-refractivity contribution < 1.29 is 8.78 Å². The smallest absolute Gasteiger partial charge is 0.266 e. The van der Waals surface area contributed by atoms with E-state index in [1.54, 1.807) is 6.07 Å². The second kappa shape index (κ2) is 4.18. The second-order valence-electron chi connectivity index (χ2n) is 3.33. The Hall–Kier alpha value is -2.48. The molecule has 5 heteroatoms. The highest BCUT2D eigenvalue weighted by molar-refractivity contribution is 5.70. The molecular weight excluding hydrogens is 226 g/mol. The van der Waals surface area contributed by atoms with Crippen LogP contribution >= 0.6 is 0 Å². The lowest BCUT2D eigenvalue weighted by atomic mass is 10.0. The number of nitrogens with zero attached hydrogens (tertiary/aromatic N) is 1. The maximum absolute atomic E-state index is 13.5. The Labute approximate surface area is 95.0 Å². The summed E-state index contributed by atoms with van der Waals surface area (Å²) >= 11 is 0. The molecule has 1 aromatic carbocycles. The molecule has 84 valence electrons. The maximum atomic E-state index is 13.5. The number of nitriles is 1. The quantitative estimate of drug-likeness (QED) is 0.819. The number of benzene rings is 1. The van der Waals surface area contributed by atoms with E-state index in [9.17, 15) is 13.6 Å². The van der Waals surface area contributed by atoms with E-state index in [0.717, 1.165) is 18.2 Å². The van der Waals surface area contributed by atoms with Crippen LogP contribution in [0.5, 0.6) is 0 Å². The summed E-state index contributed by atoms with van der Waals surface area (Å²) in [7, 11) is 0. The van der Waals surface area contributed by atoms with Gasteiger partial charge in [0, 0.05) is 17.3 Å². The molecule has 1 aromatic heterocycles. The number of aromatic nitrogens is 1. The van der Waals surface area contributed by atoms with Crippen molar-refractivity contribution in [1.82, 2.24) is 4.98 Å². The molecule has 0 aliphatic carbocycles. The van der Waals surface area contributed by atoms with Crippen LogP contribution in [0.25, 0.3) is 11.1 Å². The van der Waals surface area contributed by atoms with Crippen LogP contribution < -0.4 is 5.56 Å². The van der Waals surface area contributed by atoms with Gasteiger partial charge in [0.15, 0.2) is 0 Å². The average molecular weight is 232 g/mol. The second-order valence-corrected chi connectivity index (χ2v) is 3.33. The predicted octanol–water partition coefficient (Wildman–Crippen LogP) is 2.19. The Morgan fingerprint density at radius 2 is 1.94 bits per heavy atom. The van der Waals surface area contributed by atoms with Gasteiger partial charge < -0.3 is 4.98 Å². The third-order valence-electron chi connectivity index (χ3n) is 2.29. The Balaban J connectivity index is 2.78. The minimum atomic E-state index is -0.687. The SMILES string of the molecule is N#Cc1c(-c2cc(F)ccc2F)cc[nH]c1=O. The zero-order valence-electron chi connectivity index (χ0n) is 8.50. The van der Waals surface area contributed by atoms with Gasteiger partial charge in [0.05, 0.1) is 0 Å². The minimum Gasteiger partial charge on any atom is -0.328 e. The van der Waals surface area contributed by atoms with Crippen LogP contribution in [0.2, 0.25) is 0 Å². The summed E-state index contributed by atoms with van der Waals surface area (Å²) in [6.45, 7) is 0. The van der Waals surface area contributed by atoms with Crippen LogP contribution in [-0.2, 0) is 0 Å². The third-order valence-corrected chi connectivity index (χ3v) is 2.29. The molecule has 0 saturated heterocycles. The molecular formula is C12H6F2N2O. The average Bonchev–Trinajstić information content (AvgIpc) is 2.32. The first-order chi connectivity index (χ1) is 8.13. The normalized spacial score (nSPS) is 9.94. The van der Waals surface area contributed by atoms with Crippen LogP contribution in [-0.4, -0.2) is 4.98 Å². The molecule has 0 spiro atoms. The van der Waals surface area contributed by atoms with Crippen molar-refractivity contribution in [1.29, 1.82) is 5.26 Å². The molecule has 0 radical (unpaired) electrons. The lowest BCUT2D eigenvalue weighted by molar-refractivity contribution is 0.603. The Kier molecular flexibility index (Phi) is 2.71. The molecule has 1 N–H and O–H groups in total. The number of halogens is 2. The van der Waals surface area contributed by atoms with E-state index in [1.807, 2.05) is 0 Å². The first kappa shape index (κ1) is 11.0. The van der Waals surface area contributed by atoms with Gasteiger partial charge in [-0.05, 0) is 24.3 Å². The van der Waals surface area contributed by atoms with E-state index < -0.39 is 17.2 Å². The zero-order valence-corrected chi connectivity index (χ0v) is 8.50. The van der Waals surface area contributed by atoms with Crippen molar-refractivity contribution in [2.75, 3.05) is 0 Å². The molecule has 17 heavy (non-hydrogen) atoms. The van der Waals surface area contributed by atoms with Gasteiger partial charge in [0.1, 0.15) is 23.3 Å². The van der Waals surface area contributed by atoms with E-state index in [-0.39, 0.29) is 16.7 Å². The number of aromatic amines is 1. The first-order valence-corrected chi connectivity index (χ1v) is 4.70. The van der Waals surface area contributed by atoms with Gasteiger partial charge >= 0.3 is 0 Å². The Bertz CT molecular complexity index is 671. The molecule has 0 saturated carbocycles. The maximum Gasteiger partial charge on any atom is 0.266 e. The van der Waals surface area contributed by atoms with Crippen molar-refractivity contribution in [2.45, 2.75) is 0 Å². The van der Waals surface area contributed by atoms with E-state index in [1.165, 1.54) is 12.3 Å². The molecule has 0 bridgehead atoms. The van der Waals surface area contributed by atoms with Crippen molar-refractivity contribution >= 4 is 0 Å². The number of hydrogen-bond donors (Lipinski definition) is 1. The van der Waals surface area contributed by atoms with Crippen molar-refractivity contribution in [3.8, 4) is 17.2 Å². The van der Waals surface area contributed by atoms with Gasteiger partial charge in [0.2, 0.25) is 0 Å².